The lowest BCUT2D eigenvalue weighted by molar-refractivity contribution is 0.100. The number of rotatable bonds is 4. The molecule has 0 unspecified atom stereocenters. The van der Waals surface area contributed by atoms with Crippen LogP contribution in [0, 0.1) is 11.6 Å². The summed E-state index contributed by atoms with van der Waals surface area (Å²) in [5.74, 6) is -1.89. The zero-order valence-electron chi connectivity index (χ0n) is 17.1. The molecule has 0 fully saturated rings. The van der Waals surface area contributed by atoms with Crippen LogP contribution < -0.4 is 5.73 Å². The van der Waals surface area contributed by atoms with Gasteiger partial charge in [-0.15, -0.1) is 0 Å². The van der Waals surface area contributed by atoms with Gasteiger partial charge >= 0.3 is 0 Å². The van der Waals surface area contributed by atoms with E-state index in [4.69, 9.17) is 28.9 Å². The summed E-state index contributed by atoms with van der Waals surface area (Å²) in [6.45, 7) is -0.0829. The summed E-state index contributed by atoms with van der Waals surface area (Å²) in [4.78, 5) is 12.2. The van der Waals surface area contributed by atoms with E-state index in [0.29, 0.717) is 37.6 Å². The summed E-state index contributed by atoms with van der Waals surface area (Å²) in [7, 11) is 0. The highest BCUT2D eigenvalue weighted by Gasteiger charge is 2.20. The zero-order valence-corrected chi connectivity index (χ0v) is 18.6. The number of benzene rings is 4. The number of carbonyl (C=O) groups is 1. The Bertz CT molecular complexity index is 1540. The van der Waals surface area contributed by atoms with Crippen molar-refractivity contribution in [3.05, 3.63) is 106 Å². The third-order valence-electron chi connectivity index (χ3n) is 5.79. The van der Waals surface area contributed by atoms with Crippen molar-refractivity contribution >= 4 is 50.9 Å². The van der Waals surface area contributed by atoms with Gasteiger partial charge < -0.3 is 10.3 Å². The van der Waals surface area contributed by atoms with Crippen molar-refractivity contribution in [2.45, 2.75) is 6.54 Å². The highest BCUT2D eigenvalue weighted by Crippen LogP contribution is 2.39. The van der Waals surface area contributed by atoms with Crippen LogP contribution in [0.5, 0.6) is 0 Å². The van der Waals surface area contributed by atoms with Crippen molar-refractivity contribution < 1.29 is 13.6 Å². The van der Waals surface area contributed by atoms with Crippen LogP contribution in [0.4, 0.5) is 8.78 Å². The van der Waals surface area contributed by atoms with Gasteiger partial charge in [-0.25, -0.2) is 8.78 Å². The monoisotopic (exact) mass is 480 g/mol. The quantitative estimate of drug-likeness (QED) is 0.290. The minimum atomic E-state index is -0.652. The van der Waals surface area contributed by atoms with Crippen LogP contribution >= 0.6 is 23.2 Å². The Morgan fingerprint density at radius 2 is 1.48 bits per heavy atom. The third kappa shape index (κ3) is 3.54. The first kappa shape index (κ1) is 21.4. The number of halogens is 4. The number of carbonyl (C=O) groups excluding carboxylic acids is 1. The molecule has 33 heavy (non-hydrogen) atoms. The summed E-state index contributed by atoms with van der Waals surface area (Å²) in [5, 5.41) is 2.29. The van der Waals surface area contributed by atoms with E-state index in [9.17, 15) is 13.6 Å². The average molecular weight is 481 g/mol. The lowest BCUT2D eigenvalue weighted by atomic mass is 10.0. The molecule has 2 N–H and O–H groups in total. The van der Waals surface area contributed by atoms with Crippen molar-refractivity contribution in [3.8, 4) is 11.1 Å². The average Bonchev–Trinajstić information content (AvgIpc) is 3.09. The van der Waals surface area contributed by atoms with E-state index in [0.717, 1.165) is 10.9 Å². The van der Waals surface area contributed by atoms with Gasteiger partial charge in [0.2, 0.25) is 5.91 Å². The van der Waals surface area contributed by atoms with Gasteiger partial charge in [-0.2, -0.15) is 0 Å². The smallest absolute Gasteiger partial charge is 0.249 e. The van der Waals surface area contributed by atoms with Crippen LogP contribution in [0.25, 0.3) is 32.9 Å². The Morgan fingerprint density at radius 1 is 0.848 bits per heavy atom. The number of amides is 1. The Hall–Kier alpha value is -3.41. The number of hydrogen-bond acceptors (Lipinski definition) is 1. The molecule has 1 aromatic heterocycles. The zero-order chi connectivity index (χ0) is 23.3. The molecule has 164 valence electrons. The molecule has 5 aromatic rings. The van der Waals surface area contributed by atoms with Gasteiger partial charge in [0.05, 0.1) is 17.6 Å². The molecule has 0 bridgehead atoms. The molecule has 0 aliphatic heterocycles. The second kappa shape index (κ2) is 8.18. The molecule has 0 aliphatic rings. The molecule has 0 radical (unpaired) electrons. The molecule has 1 heterocycles. The Morgan fingerprint density at radius 3 is 2.15 bits per heavy atom. The molecular weight excluding hydrogens is 465 g/mol. The largest absolute Gasteiger partial charge is 0.366 e. The van der Waals surface area contributed by atoms with E-state index in [1.807, 2.05) is 18.2 Å². The molecule has 3 nitrogen and oxygen atoms in total. The number of primary amides is 1. The highest BCUT2D eigenvalue weighted by molar-refractivity contribution is 6.39. The van der Waals surface area contributed by atoms with E-state index in [-0.39, 0.29) is 12.1 Å². The van der Waals surface area contributed by atoms with Crippen LogP contribution in [0.15, 0.2) is 72.8 Å². The molecule has 1 amide bonds. The van der Waals surface area contributed by atoms with E-state index in [1.165, 1.54) is 18.2 Å². The fourth-order valence-corrected chi connectivity index (χ4v) is 4.91. The lowest BCUT2D eigenvalue weighted by Crippen LogP contribution is -2.11. The van der Waals surface area contributed by atoms with Crippen LogP contribution in [0.1, 0.15) is 15.9 Å². The molecule has 0 saturated heterocycles. The first-order valence-electron chi connectivity index (χ1n) is 10.1. The molecule has 0 saturated carbocycles. The number of aromatic nitrogens is 1. The number of nitrogens with zero attached hydrogens (tertiary/aromatic N) is 1. The van der Waals surface area contributed by atoms with Gasteiger partial charge in [0.1, 0.15) is 11.6 Å². The van der Waals surface area contributed by atoms with E-state index >= 15 is 0 Å². The molecule has 7 heteroatoms. The fraction of sp³-hybridized carbons (Fsp3) is 0.0385. The fourth-order valence-electron chi connectivity index (χ4n) is 4.29. The van der Waals surface area contributed by atoms with Gasteiger partial charge in [-0.1, -0.05) is 53.5 Å². The maximum Gasteiger partial charge on any atom is 0.249 e. The van der Waals surface area contributed by atoms with Gasteiger partial charge in [0.15, 0.2) is 0 Å². The predicted octanol–water partition coefficient (Wildman–Crippen LogP) is 7.19. The minimum Gasteiger partial charge on any atom is -0.366 e. The standard InChI is InChI=1S/C26H16Cl2F2N2O/c27-18-5-2-6-19(28)24(18)14-10-11-15-23(12-14)32(13-17-20(29)7-3-8-21(17)30)22-9-1-4-16(25(15)22)26(31)33/h1-12H,13H2,(H2,31,33). The lowest BCUT2D eigenvalue weighted by Gasteiger charge is -2.12. The third-order valence-corrected chi connectivity index (χ3v) is 6.42. The van der Waals surface area contributed by atoms with Crippen LogP contribution in [-0.4, -0.2) is 10.5 Å². The van der Waals surface area contributed by atoms with Crippen LogP contribution in [0.2, 0.25) is 10.0 Å². The molecular formula is C26H16Cl2F2N2O. The van der Waals surface area contributed by atoms with E-state index in [2.05, 4.69) is 0 Å². The first-order valence-corrected chi connectivity index (χ1v) is 10.8. The molecule has 4 aromatic carbocycles. The normalized spacial score (nSPS) is 11.4. The minimum absolute atomic E-state index is 0.0815. The van der Waals surface area contributed by atoms with Gasteiger partial charge in [0.25, 0.3) is 0 Å². The summed E-state index contributed by atoms with van der Waals surface area (Å²) >= 11 is 12.8. The summed E-state index contributed by atoms with van der Waals surface area (Å²) < 4.78 is 30.8. The summed E-state index contributed by atoms with van der Waals surface area (Å²) in [6.07, 6.45) is 0. The Labute approximate surface area is 197 Å². The van der Waals surface area contributed by atoms with Gasteiger partial charge in [0, 0.05) is 37.5 Å². The van der Waals surface area contributed by atoms with Gasteiger partial charge in [-0.3, -0.25) is 4.79 Å². The molecule has 0 spiro atoms. The topological polar surface area (TPSA) is 48.0 Å². The molecule has 0 aliphatic carbocycles. The summed E-state index contributed by atoms with van der Waals surface area (Å²) in [5.41, 5.74) is 8.56. The van der Waals surface area contributed by atoms with Crippen molar-refractivity contribution in [3.63, 3.8) is 0 Å². The van der Waals surface area contributed by atoms with Crippen LogP contribution in [-0.2, 0) is 6.54 Å². The molecule has 5 rings (SSSR count). The second-order valence-electron chi connectivity index (χ2n) is 7.68. The van der Waals surface area contributed by atoms with Gasteiger partial charge in [-0.05, 0) is 48.0 Å². The Balaban J connectivity index is 1.86. The number of fused-ring (bicyclic) bond motifs is 3. The highest BCUT2D eigenvalue weighted by atomic mass is 35.5. The Kier molecular flexibility index (Phi) is 5.31. The van der Waals surface area contributed by atoms with Crippen molar-refractivity contribution in [1.82, 2.24) is 4.57 Å². The predicted molar refractivity (Wildman–Crippen MR) is 129 cm³/mol. The second-order valence-corrected chi connectivity index (χ2v) is 8.49. The van der Waals surface area contributed by atoms with Crippen LogP contribution in [0.3, 0.4) is 0 Å². The van der Waals surface area contributed by atoms with Crippen molar-refractivity contribution in [2.75, 3.05) is 0 Å². The maximum atomic E-state index is 14.5. The summed E-state index contributed by atoms with van der Waals surface area (Å²) in [6, 6.07) is 19.7. The van der Waals surface area contributed by atoms with Crippen molar-refractivity contribution in [1.29, 1.82) is 0 Å². The number of hydrogen-bond donors (Lipinski definition) is 1. The van der Waals surface area contributed by atoms with Crippen molar-refractivity contribution in [2.24, 2.45) is 5.73 Å². The van der Waals surface area contributed by atoms with E-state index in [1.54, 1.807) is 41.0 Å². The maximum absolute atomic E-state index is 14.5. The SMILES string of the molecule is NC(=O)c1cccc2c1c1ccc(-c3c(Cl)cccc3Cl)cc1n2Cc1c(F)cccc1F. The first-order chi connectivity index (χ1) is 15.9. The van der Waals surface area contributed by atoms with E-state index < -0.39 is 17.5 Å². The number of nitrogens with two attached hydrogens (primary N) is 1. The molecule has 0 atom stereocenters.